The molecule has 3 nitrogen and oxygen atoms in total. The van der Waals surface area contributed by atoms with Crippen LogP contribution in [0.2, 0.25) is 10.0 Å². The largest absolute Gasteiger partial charge is 0.488 e. The van der Waals surface area contributed by atoms with Crippen LogP contribution < -0.4 is 10.2 Å². The molecule has 0 bridgehead atoms. The minimum absolute atomic E-state index is 0.386. The summed E-state index contributed by atoms with van der Waals surface area (Å²) < 4.78 is 6.90. The fourth-order valence-corrected chi connectivity index (χ4v) is 3.09. The highest BCUT2D eigenvalue weighted by Gasteiger charge is 2.05. The molecule has 0 spiro atoms. The zero-order chi connectivity index (χ0) is 19.1. The van der Waals surface area contributed by atoms with E-state index in [1.807, 2.05) is 54.6 Å². The fourth-order valence-electron chi connectivity index (χ4n) is 2.39. The Bertz CT molecular complexity index is 933. The van der Waals surface area contributed by atoms with Gasteiger partial charge in [-0.25, -0.2) is 0 Å². The van der Waals surface area contributed by atoms with Crippen molar-refractivity contribution in [1.82, 2.24) is 5.43 Å². The summed E-state index contributed by atoms with van der Waals surface area (Å²) in [5.74, 6) is 0.731. The van der Waals surface area contributed by atoms with E-state index in [1.54, 1.807) is 18.3 Å². The first kappa shape index (κ1) is 19.7. The summed E-state index contributed by atoms with van der Waals surface area (Å²) in [4.78, 5) is 0. The number of hydrogen-bond donors (Lipinski definition) is 1. The topological polar surface area (TPSA) is 33.6 Å². The molecule has 0 aliphatic carbocycles. The van der Waals surface area contributed by atoms with Gasteiger partial charge in [-0.15, -0.1) is 0 Å². The van der Waals surface area contributed by atoms with Crippen molar-refractivity contribution in [1.29, 1.82) is 0 Å². The number of nitrogens with zero attached hydrogens (tertiary/aromatic N) is 1. The Labute approximate surface area is 177 Å². The van der Waals surface area contributed by atoms with Gasteiger partial charge in [0.15, 0.2) is 0 Å². The number of rotatable bonds is 7. The molecule has 1 N–H and O–H groups in total. The summed E-state index contributed by atoms with van der Waals surface area (Å²) in [6.07, 6.45) is 1.75. The van der Waals surface area contributed by atoms with Gasteiger partial charge in [-0.05, 0) is 41.5 Å². The molecule has 3 aromatic rings. The molecule has 0 aliphatic heterocycles. The molecule has 0 atom stereocenters. The van der Waals surface area contributed by atoms with Crippen molar-refractivity contribution < 1.29 is 4.74 Å². The lowest BCUT2D eigenvalue weighted by molar-refractivity contribution is 0.305. The summed E-state index contributed by atoms with van der Waals surface area (Å²) in [5.41, 5.74) is 6.03. The van der Waals surface area contributed by atoms with Crippen molar-refractivity contribution >= 4 is 45.3 Å². The van der Waals surface area contributed by atoms with Crippen molar-refractivity contribution in [3.63, 3.8) is 0 Å². The van der Waals surface area contributed by atoms with Crippen molar-refractivity contribution in [2.45, 2.75) is 13.2 Å². The molecule has 0 heterocycles. The molecule has 3 aromatic carbocycles. The van der Waals surface area contributed by atoms with Crippen LogP contribution in [0.4, 0.5) is 0 Å². The lowest BCUT2D eigenvalue weighted by Gasteiger charge is -2.10. The van der Waals surface area contributed by atoms with Gasteiger partial charge >= 0.3 is 0 Å². The first-order valence-electron chi connectivity index (χ1n) is 8.28. The highest BCUT2D eigenvalue weighted by Crippen LogP contribution is 2.25. The maximum Gasteiger partial charge on any atom is 0.128 e. The molecule has 0 aromatic heterocycles. The van der Waals surface area contributed by atoms with Gasteiger partial charge in [0.1, 0.15) is 12.4 Å². The summed E-state index contributed by atoms with van der Waals surface area (Å²) in [5, 5.41) is 5.35. The third-order valence-electron chi connectivity index (χ3n) is 3.77. The Balaban J connectivity index is 1.65. The lowest BCUT2D eigenvalue weighted by Crippen LogP contribution is -2.06. The van der Waals surface area contributed by atoms with Gasteiger partial charge in [0, 0.05) is 10.0 Å². The van der Waals surface area contributed by atoms with E-state index < -0.39 is 0 Å². The van der Waals surface area contributed by atoms with E-state index in [1.165, 1.54) is 5.56 Å². The SMILES string of the molecule is Clc1ccc(COc2ccc(Br)cc2C=NNCc2ccccc2)cc1Cl. The van der Waals surface area contributed by atoms with Crippen LogP contribution in [0.3, 0.4) is 0 Å². The Kier molecular flexibility index (Phi) is 7.16. The maximum absolute atomic E-state index is 6.06. The highest BCUT2D eigenvalue weighted by molar-refractivity contribution is 9.10. The predicted octanol–water partition coefficient (Wildman–Crippen LogP) is 6.46. The van der Waals surface area contributed by atoms with E-state index in [0.29, 0.717) is 23.2 Å². The number of halogens is 3. The number of benzene rings is 3. The molecule has 0 amide bonds. The fraction of sp³-hybridized carbons (Fsp3) is 0.0952. The van der Waals surface area contributed by atoms with Crippen molar-refractivity contribution in [3.8, 4) is 5.75 Å². The quantitative estimate of drug-likeness (QED) is 0.322. The van der Waals surface area contributed by atoms with Crippen molar-refractivity contribution in [2.75, 3.05) is 0 Å². The smallest absolute Gasteiger partial charge is 0.128 e. The summed E-state index contributed by atoms with van der Waals surface area (Å²) in [6.45, 7) is 1.04. The molecule has 0 fully saturated rings. The molecular weight excluding hydrogens is 447 g/mol. The second-order valence-corrected chi connectivity index (χ2v) is 7.53. The lowest BCUT2D eigenvalue weighted by atomic mass is 10.2. The maximum atomic E-state index is 6.06. The van der Waals surface area contributed by atoms with Gasteiger partial charge in [-0.1, -0.05) is 75.5 Å². The normalized spacial score (nSPS) is 10.9. The summed E-state index contributed by atoms with van der Waals surface area (Å²) in [7, 11) is 0. The molecule has 27 heavy (non-hydrogen) atoms. The second kappa shape index (κ2) is 9.79. The molecule has 6 heteroatoms. The van der Waals surface area contributed by atoms with Crippen LogP contribution >= 0.6 is 39.1 Å². The van der Waals surface area contributed by atoms with E-state index in [0.717, 1.165) is 21.3 Å². The van der Waals surface area contributed by atoms with Gasteiger partial charge in [0.25, 0.3) is 0 Å². The van der Waals surface area contributed by atoms with Crippen LogP contribution in [0.1, 0.15) is 16.7 Å². The Morgan fingerprint density at radius 3 is 2.52 bits per heavy atom. The monoisotopic (exact) mass is 462 g/mol. The van der Waals surface area contributed by atoms with Gasteiger partial charge < -0.3 is 10.2 Å². The van der Waals surface area contributed by atoms with Gasteiger partial charge in [0.05, 0.1) is 22.8 Å². The van der Waals surface area contributed by atoms with Crippen LogP contribution in [0.5, 0.6) is 5.75 Å². The number of hydrazone groups is 1. The first-order valence-corrected chi connectivity index (χ1v) is 9.83. The average molecular weight is 464 g/mol. The molecular formula is C21H17BrCl2N2O. The minimum atomic E-state index is 0.386. The third-order valence-corrected chi connectivity index (χ3v) is 5.00. The predicted molar refractivity (Wildman–Crippen MR) is 116 cm³/mol. The minimum Gasteiger partial charge on any atom is -0.488 e. The molecule has 0 unspecified atom stereocenters. The summed E-state index contributed by atoms with van der Waals surface area (Å²) in [6, 6.07) is 21.3. The van der Waals surface area contributed by atoms with E-state index in [4.69, 9.17) is 27.9 Å². The van der Waals surface area contributed by atoms with Gasteiger partial charge in [0.2, 0.25) is 0 Å². The van der Waals surface area contributed by atoms with Crippen molar-refractivity contribution in [3.05, 3.63) is 97.9 Å². The number of hydrogen-bond acceptors (Lipinski definition) is 3. The molecule has 138 valence electrons. The van der Waals surface area contributed by atoms with E-state index in [2.05, 4.69) is 26.5 Å². The molecule has 0 radical (unpaired) electrons. The van der Waals surface area contributed by atoms with E-state index in [-0.39, 0.29) is 0 Å². The molecule has 0 saturated heterocycles. The average Bonchev–Trinajstić information content (AvgIpc) is 2.68. The van der Waals surface area contributed by atoms with Crippen LogP contribution in [-0.2, 0) is 13.2 Å². The Morgan fingerprint density at radius 1 is 0.926 bits per heavy atom. The molecule has 0 aliphatic rings. The number of ether oxygens (including phenoxy) is 1. The highest BCUT2D eigenvalue weighted by atomic mass is 79.9. The zero-order valence-corrected chi connectivity index (χ0v) is 17.4. The van der Waals surface area contributed by atoms with Gasteiger partial charge in [-0.3, -0.25) is 0 Å². The van der Waals surface area contributed by atoms with Crippen LogP contribution in [0.25, 0.3) is 0 Å². The number of nitrogens with one attached hydrogen (secondary N) is 1. The van der Waals surface area contributed by atoms with E-state index in [9.17, 15) is 0 Å². The van der Waals surface area contributed by atoms with Crippen LogP contribution in [0, 0.1) is 0 Å². The van der Waals surface area contributed by atoms with Crippen LogP contribution in [0.15, 0.2) is 76.3 Å². The molecule has 0 saturated carbocycles. The van der Waals surface area contributed by atoms with Crippen LogP contribution in [-0.4, -0.2) is 6.21 Å². The van der Waals surface area contributed by atoms with Gasteiger partial charge in [-0.2, -0.15) is 5.10 Å². The zero-order valence-electron chi connectivity index (χ0n) is 14.3. The molecule has 3 rings (SSSR count). The Morgan fingerprint density at radius 2 is 1.74 bits per heavy atom. The first-order chi connectivity index (χ1) is 13.1. The third kappa shape index (κ3) is 5.99. The Hall–Kier alpha value is -2.01. The van der Waals surface area contributed by atoms with Crippen molar-refractivity contribution in [2.24, 2.45) is 5.10 Å². The van der Waals surface area contributed by atoms with E-state index >= 15 is 0 Å². The second-order valence-electron chi connectivity index (χ2n) is 5.80. The summed E-state index contributed by atoms with van der Waals surface area (Å²) >= 11 is 15.5. The standard InChI is InChI=1S/C21H17BrCl2N2O/c22-18-7-9-21(27-14-16-6-8-19(23)20(24)10-16)17(11-18)13-26-25-12-15-4-2-1-3-5-15/h1-11,13,25H,12,14H2.